The van der Waals surface area contributed by atoms with Crippen LogP contribution < -0.4 is 15.0 Å². The number of H-pyrrole nitrogens is 1. The van der Waals surface area contributed by atoms with Crippen LogP contribution in [0, 0.1) is 11.8 Å². The highest BCUT2D eigenvalue weighted by Gasteiger charge is 2.22. The van der Waals surface area contributed by atoms with Crippen molar-refractivity contribution in [3.63, 3.8) is 0 Å². The van der Waals surface area contributed by atoms with E-state index in [9.17, 15) is 4.79 Å². The van der Waals surface area contributed by atoms with Crippen molar-refractivity contribution in [3.05, 3.63) is 89.5 Å². The van der Waals surface area contributed by atoms with Crippen molar-refractivity contribution in [1.29, 1.82) is 0 Å². The van der Waals surface area contributed by atoms with Crippen LogP contribution in [0.4, 0.5) is 5.95 Å². The third-order valence-corrected chi connectivity index (χ3v) is 6.13. The average molecular weight is 503 g/mol. The Hall–Kier alpha value is -5.30. The quantitative estimate of drug-likeness (QED) is 0.352. The van der Waals surface area contributed by atoms with Gasteiger partial charge in [-0.3, -0.25) is 9.89 Å². The van der Waals surface area contributed by atoms with E-state index in [4.69, 9.17) is 9.72 Å². The fraction of sp³-hybridized carbons (Fsp3) is 0.143. The van der Waals surface area contributed by atoms with Crippen LogP contribution >= 0.6 is 0 Å². The van der Waals surface area contributed by atoms with E-state index in [2.05, 4.69) is 47.2 Å². The van der Waals surface area contributed by atoms with Gasteiger partial charge >= 0.3 is 0 Å². The molecule has 0 radical (unpaired) electrons. The number of anilines is 1. The molecule has 1 aliphatic rings. The van der Waals surface area contributed by atoms with Crippen molar-refractivity contribution < 1.29 is 9.53 Å². The van der Waals surface area contributed by atoms with Crippen LogP contribution in [-0.4, -0.2) is 49.7 Å². The lowest BCUT2D eigenvalue weighted by Crippen LogP contribution is -2.24. The fourth-order valence-corrected chi connectivity index (χ4v) is 4.16. The minimum absolute atomic E-state index is 0.0206. The molecule has 5 aromatic rings. The van der Waals surface area contributed by atoms with Crippen LogP contribution in [0.1, 0.15) is 22.4 Å². The number of hydrogen-bond donors (Lipinski definition) is 2. The predicted octanol–water partition coefficient (Wildman–Crippen LogP) is 2.85. The van der Waals surface area contributed by atoms with E-state index in [0.29, 0.717) is 42.0 Å². The van der Waals surface area contributed by atoms with E-state index in [1.807, 2.05) is 36.4 Å². The Morgan fingerprint density at radius 1 is 1.03 bits per heavy atom. The lowest BCUT2D eigenvalue weighted by atomic mass is 10.1. The molecule has 1 amide bonds. The molecule has 0 bridgehead atoms. The highest BCUT2D eigenvalue weighted by atomic mass is 16.5. The predicted molar refractivity (Wildman–Crippen MR) is 141 cm³/mol. The summed E-state index contributed by atoms with van der Waals surface area (Å²) in [6.45, 7) is 1.28. The summed E-state index contributed by atoms with van der Waals surface area (Å²) in [4.78, 5) is 31.8. The lowest BCUT2D eigenvalue weighted by molar-refractivity contribution is -0.122. The number of ether oxygens (including phenoxy) is 1. The largest absolute Gasteiger partial charge is 0.484 e. The van der Waals surface area contributed by atoms with Crippen LogP contribution in [0.2, 0.25) is 0 Å². The summed E-state index contributed by atoms with van der Waals surface area (Å²) in [7, 11) is 1.58. The zero-order valence-corrected chi connectivity index (χ0v) is 20.5. The number of rotatable bonds is 5. The summed E-state index contributed by atoms with van der Waals surface area (Å²) in [6.07, 6.45) is 5.16. The van der Waals surface area contributed by atoms with Gasteiger partial charge in [0.25, 0.3) is 5.91 Å². The van der Waals surface area contributed by atoms with Crippen molar-refractivity contribution in [3.8, 4) is 29.1 Å². The third-order valence-electron chi connectivity index (χ3n) is 6.13. The van der Waals surface area contributed by atoms with E-state index >= 15 is 0 Å². The van der Waals surface area contributed by atoms with Crippen molar-refractivity contribution in [1.82, 2.24) is 35.5 Å². The molecule has 2 aromatic carbocycles. The SMILES string of the molecule is CNC(=O)COc1ccc2c(c1)CN(c1nccc(-c3nccc(C#Cc4ccc5[nH]ncc5c4)n3)n1)C2. The Morgan fingerprint density at radius 2 is 1.92 bits per heavy atom. The molecule has 0 aliphatic carbocycles. The van der Waals surface area contributed by atoms with E-state index in [1.165, 1.54) is 0 Å². The molecule has 3 aromatic heterocycles. The molecule has 38 heavy (non-hydrogen) atoms. The van der Waals surface area contributed by atoms with Crippen LogP contribution in [0.3, 0.4) is 0 Å². The van der Waals surface area contributed by atoms with Crippen LogP contribution in [-0.2, 0) is 17.9 Å². The monoisotopic (exact) mass is 502 g/mol. The topological polar surface area (TPSA) is 122 Å². The highest BCUT2D eigenvalue weighted by Crippen LogP contribution is 2.29. The van der Waals surface area contributed by atoms with Gasteiger partial charge in [0.05, 0.1) is 11.7 Å². The summed E-state index contributed by atoms with van der Waals surface area (Å²) < 4.78 is 5.58. The molecule has 0 unspecified atom stereocenters. The smallest absolute Gasteiger partial charge is 0.257 e. The van der Waals surface area contributed by atoms with Gasteiger partial charge in [-0.15, -0.1) is 0 Å². The van der Waals surface area contributed by atoms with Gasteiger partial charge in [-0.2, -0.15) is 5.10 Å². The minimum atomic E-state index is -0.176. The minimum Gasteiger partial charge on any atom is -0.484 e. The Labute approximate surface area is 218 Å². The molecule has 4 heterocycles. The van der Waals surface area contributed by atoms with Gasteiger partial charge in [-0.1, -0.05) is 12.0 Å². The number of amides is 1. The number of carbonyl (C=O) groups is 1. The van der Waals surface area contributed by atoms with Gasteiger partial charge in [0, 0.05) is 43.5 Å². The van der Waals surface area contributed by atoms with E-state index in [1.54, 1.807) is 37.8 Å². The molecule has 10 nitrogen and oxygen atoms in total. The van der Waals surface area contributed by atoms with Crippen LogP contribution in [0.25, 0.3) is 22.4 Å². The second-order valence-corrected chi connectivity index (χ2v) is 8.68. The Bertz CT molecular complexity index is 1720. The number of carbonyl (C=O) groups excluding carboxylic acids is 1. The molecule has 186 valence electrons. The molecule has 10 heteroatoms. The third kappa shape index (κ3) is 4.85. The van der Waals surface area contributed by atoms with Gasteiger partial charge in [-0.25, -0.2) is 19.9 Å². The molecule has 6 rings (SSSR count). The maximum atomic E-state index is 11.5. The number of benzene rings is 2. The number of nitrogens with one attached hydrogen (secondary N) is 2. The van der Waals surface area contributed by atoms with E-state index in [0.717, 1.165) is 27.6 Å². The van der Waals surface area contributed by atoms with Gasteiger partial charge in [0.15, 0.2) is 12.4 Å². The second kappa shape index (κ2) is 9.99. The Balaban J connectivity index is 1.19. The lowest BCUT2D eigenvalue weighted by Gasteiger charge is -2.15. The first-order chi connectivity index (χ1) is 18.6. The fourth-order valence-electron chi connectivity index (χ4n) is 4.16. The van der Waals surface area contributed by atoms with Gasteiger partial charge in [-0.05, 0) is 59.5 Å². The number of aromatic nitrogens is 6. The molecule has 0 fully saturated rings. The van der Waals surface area contributed by atoms with E-state index < -0.39 is 0 Å². The van der Waals surface area contributed by atoms with Crippen LogP contribution in [0.5, 0.6) is 5.75 Å². The molecule has 0 atom stereocenters. The number of hydrogen-bond acceptors (Lipinski definition) is 8. The number of fused-ring (bicyclic) bond motifs is 2. The first-order valence-electron chi connectivity index (χ1n) is 12.0. The maximum Gasteiger partial charge on any atom is 0.257 e. The molecule has 2 N–H and O–H groups in total. The number of nitrogens with zero attached hydrogens (tertiary/aromatic N) is 6. The zero-order valence-electron chi connectivity index (χ0n) is 20.5. The summed E-state index contributed by atoms with van der Waals surface area (Å²) in [5.74, 6) is 7.81. The summed E-state index contributed by atoms with van der Waals surface area (Å²) in [5, 5.41) is 10.5. The molecule has 1 aliphatic heterocycles. The number of likely N-dealkylation sites (N-methyl/N-ethyl adjacent to an activating group) is 1. The Kier molecular flexibility index (Phi) is 6.08. The summed E-state index contributed by atoms with van der Waals surface area (Å²) in [5.41, 5.74) is 5.32. The molecule has 0 saturated heterocycles. The maximum absolute atomic E-state index is 11.5. The van der Waals surface area contributed by atoms with Crippen molar-refractivity contribution >= 4 is 22.8 Å². The van der Waals surface area contributed by atoms with E-state index in [-0.39, 0.29) is 12.5 Å². The molecular formula is C28H22N8O2. The normalized spacial score (nSPS) is 12.1. The molecule has 0 saturated carbocycles. The summed E-state index contributed by atoms with van der Waals surface area (Å²) >= 11 is 0. The highest BCUT2D eigenvalue weighted by molar-refractivity contribution is 5.79. The average Bonchev–Trinajstić information content (AvgIpc) is 3.61. The van der Waals surface area contributed by atoms with Gasteiger partial charge in [0.1, 0.15) is 17.1 Å². The first kappa shape index (κ1) is 23.1. The standard InChI is InChI=1S/C28H22N8O2/c1-29-26(37)17-38-23-6-4-19-15-36(16-21(19)13-23)28-31-11-9-25(34-28)27-30-10-8-22(33-27)5-2-18-3-7-24-20(12-18)14-32-35-24/h3-4,6-14H,15-17H2,1H3,(H,29,37)(H,32,35). The first-order valence-corrected chi connectivity index (χ1v) is 12.0. The Morgan fingerprint density at radius 3 is 2.84 bits per heavy atom. The molecule has 0 spiro atoms. The van der Waals surface area contributed by atoms with Crippen molar-refractivity contribution in [2.75, 3.05) is 18.6 Å². The second-order valence-electron chi connectivity index (χ2n) is 8.68. The number of aromatic amines is 1. The van der Waals surface area contributed by atoms with Gasteiger partial charge in [0.2, 0.25) is 5.95 Å². The summed E-state index contributed by atoms with van der Waals surface area (Å²) in [6, 6.07) is 15.3. The van der Waals surface area contributed by atoms with Crippen molar-refractivity contribution in [2.24, 2.45) is 0 Å². The van der Waals surface area contributed by atoms with Crippen molar-refractivity contribution in [2.45, 2.75) is 13.1 Å². The van der Waals surface area contributed by atoms with Gasteiger partial charge < -0.3 is 15.0 Å². The van der Waals surface area contributed by atoms with Crippen LogP contribution in [0.15, 0.2) is 67.1 Å². The molecular weight excluding hydrogens is 480 g/mol. The zero-order chi connectivity index (χ0) is 25.9.